The van der Waals surface area contributed by atoms with Gasteiger partial charge in [-0.25, -0.2) is 4.98 Å². The van der Waals surface area contributed by atoms with E-state index >= 15 is 0 Å². The van der Waals surface area contributed by atoms with Crippen LogP contribution in [0.4, 0.5) is 0 Å². The monoisotopic (exact) mass is 257 g/mol. The second kappa shape index (κ2) is 5.82. The Hall–Kier alpha value is -0.350. The van der Waals surface area contributed by atoms with Crippen molar-refractivity contribution in [2.45, 2.75) is 39.5 Å². The number of hydrogen-bond acceptors (Lipinski definition) is 4. The zero-order valence-electron chi connectivity index (χ0n) is 10.4. The summed E-state index contributed by atoms with van der Waals surface area (Å²) in [7, 11) is 0. The Labute approximate surface area is 106 Å². The van der Waals surface area contributed by atoms with Crippen molar-refractivity contribution >= 4 is 28.9 Å². The highest BCUT2D eigenvalue weighted by atomic mass is 32.2. The normalized spacial score (nSPS) is 11.8. The third-order valence-electron chi connectivity index (χ3n) is 2.14. The fourth-order valence-electron chi connectivity index (χ4n) is 1.17. The second-order valence-electron chi connectivity index (χ2n) is 4.73. The molecule has 0 spiro atoms. The van der Waals surface area contributed by atoms with Crippen molar-refractivity contribution in [3.05, 3.63) is 16.1 Å². The maximum atomic E-state index is 11.6. The first kappa shape index (κ1) is 13.7. The van der Waals surface area contributed by atoms with Crippen LogP contribution in [0.3, 0.4) is 0 Å². The SMILES string of the molecule is CCSCC(=O)Cc1nc(C(C)(C)C)cs1. The highest BCUT2D eigenvalue weighted by Gasteiger charge is 2.18. The summed E-state index contributed by atoms with van der Waals surface area (Å²) in [4.78, 5) is 16.1. The predicted molar refractivity (Wildman–Crippen MR) is 72.5 cm³/mol. The van der Waals surface area contributed by atoms with E-state index in [1.54, 1.807) is 23.1 Å². The molecule has 0 aromatic carbocycles. The minimum atomic E-state index is 0.0793. The summed E-state index contributed by atoms with van der Waals surface area (Å²) in [6.45, 7) is 8.49. The molecule has 16 heavy (non-hydrogen) atoms. The van der Waals surface area contributed by atoms with Crippen LogP contribution in [0.25, 0.3) is 0 Å². The first-order valence-corrected chi connectivity index (χ1v) is 7.51. The van der Waals surface area contributed by atoms with Crippen molar-refractivity contribution in [1.82, 2.24) is 4.98 Å². The average Bonchev–Trinajstić information content (AvgIpc) is 2.62. The number of thiazole rings is 1. The van der Waals surface area contributed by atoms with E-state index in [9.17, 15) is 4.79 Å². The molecule has 0 unspecified atom stereocenters. The fraction of sp³-hybridized carbons (Fsp3) is 0.667. The lowest BCUT2D eigenvalue weighted by Crippen LogP contribution is -2.12. The zero-order valence-corrected chi connectivity index (χ0v) is 12.0. The summed E-state index contributed by atoms with van der Waals surface area (Å²) in [6.07, 6.45) is 0.494. The fourth-order valence-corrected chi connectivity index (χ4v) is 2.76. The Morgan fingerprint density at radius 3 is 2.69 bits per heavy atom. The molecule has 0 fully saturated rings. The van der Waals surface area contributed by atoms with E-state index < -0.39 is 0 Å². The minimum absolute atomic E-state index is 0.0793. The van der Waals surface area contributed by atoms with E-state index in [0.29, 0.717) is 12.2 Å². The number of thioether (sulfide) groups is 1. The van der Waals surface area contributed by atoms with Crippen molar-refractivity contribution in [2.75, 3.05) is 11.5 Å². The number of rotatable bonds is 5. The minimum Gasteiger partial charge on any atom is -0.298 e. The van der Waals surface area contributed by atoms with E-state index in [1.807, 2.05) is 0 Å². The van der Waals surface area contributed by atoms with Crippen LogP contribution in [0.15, 0.2) is 5.38 Å². The van der Waals surface area contributed by atoms with Crippen LogP contribution in [-0.4, -0.2) is 22.3 Å². The molecule has 0 aliphatic carbocycles. The molecule has 2 nitrogen and oxygen atoms in total. The molecule has 1 aromatic rings. The number of carbonyl (C=O) groups excluding carboxylic acids is 1. The van der Waals surface area contributed by atoms with Gasteiger partial charge in [-0.2, -0.15) is 11.8 Å². The van der Waals surface area contributed by atoms with Crippen molar-refractivity contribution in [1.29, 1.82) is 0 Å². The lowest BCUT2D eigenvalue weighted by Gasteiger charge is -2.14. The van der Waals surface area contributed by atoms with Crippen LogP contribution in [0.2, 0.25) is 0 Å². The number of ketones is 1. The predicted octanol–water partition coefficient (Wildman–Crippen LogP) is 3.31. The molecule has 0 aliphatic heterocycles. The lowest BCUT2D eigenvalue weighted by molar-refractivity contribution is -0.116. The number of hydrogen-bond donors (Lipinski definition) is 0. The van der Waals surface area contributed by atoms with Crippen molar-refractivity contribution in [3.8, 4) is 0 Å². The first-order chi connectivity index (χ1) is 7.43. The van der Waals surface area contributed by atoms with Crippen LogP contribution < -0.4 is 0 Å². The van der Waals surface area contributed by atoms with E-state index in [-0.39, 0.29) is 11.2 Å². The molecule has 0 radical (unpaired) electrons. The molecular weight excluding hydrogens is 238 g/mol. The molecule has 0 N–H and O–H groups in total. The van der Waals surface area contributed by atoms with Gasteiger partial charge in [-0.15, -0.1) is 11.3 Å². The van der Waals surface area contributed by atoms with Gasteiger partial charge >= 0.3 is 0 Å². The van der Waals surface area contributed by atoms with Gasteiger partial charge in [0.2, 0.25) is 0 Å². The molecule has 0 saturated carbocycles. The molecule has 1 heterocycles. The lowest BCUT2D eigenvalue weighted by atomic mass is 9.93. The van der Waals surface area contributed by atoms with Gasteiger partial charge < -0.3 is 0 Å². The summed E-state index contributed by atoms with van der Waals surface area (Å²) >= 11 is 3.27. The summed E-state index contributed by atoms with van der Waals surface area (Å²) in [5.41, 5.74) is 1.17. The summed E-state index contributed by atoms with van der Waals surface area (Å²) in [5, 5.41) is 3.02. The Morgan fingerprint density at radius 1 is 1.50 bits per heavy atom. The summed E-state index contributed by atoms with van der Waals surface area (Å²) in [6, 6.07) is 0. The van der Waals surface area contributed by atoms with Gasteiger partial charge in [-0.05, 0) is 5.75 Å². The van der Waals surface area contributed by atoms with E-state index in [1.165, 1.54) is 0 Å². The van der Waals surface area contributed by atoms with Gasteiger partial charge in [0, 0.05) is 10.8 Å². The molecule has 0 saturated heterocycles. The Bertz CT molecular complexity index is 352. The van der Waals surface area contributed by atoms with Crippen LogP contribution >= 0.6 is 23.1 Å². The topological polar surface area (TPSA) is 30.0 Å². The number of Topliss-reactive ketones (excluding diaryl/α,β-unsaturated/α-hetero) is 1. The van der Waals surface area contributed by atoms with Gasteiger partial charge in [0.1, 0.15) is 10.8 Å². The average molecular weight is 257 g/mol. The Kier molecular flexibility index (Phi) is 4.99. The maximum absolute atomic E-state index is 11.6. The van der Waals surface area contributed by atoms with Gasteiger partial charge in [0.15, 0.2) is 0 Å². The molecule has 0 atom stereocenters. The van der Waals surface area contributed by atoms with Crippen molar-refractivity contribution in [3.63, 3.8) is 0 Å². The Morgan fingerprint density at radius 2 is 2.19 bits per heavy atom. The first-order valence-electron chi connectivity index (χ1n) is 5.47. The third-order valence-corrected chi connectivity index (χ3v) is 3.92. The number of carbonyl (C=O) groups is 1. The molecule has 0 bridgehead atoms. The Balaban J connectivity index is 2.56. The molecule has 90 valence electrons. The molecule has 1 rings (SSSR count). The van der Waals surface area contributed by atoms with Crippen LogP contribution in [0.5, 0.6) is 0 Å². The third kappa shape index (κ3) is 4.26. The maximum Gasteiger partial charge on any atom is 0.149 e. The van der Waals surface area contributed by atoms with E-state index in [2.05, 4.69) is 38.1 Å². The van der Waals surface area contributed by atoms with Crippen LogP contribution in [-0.2, 0) is 16.6 Å². The number of aromatic nitrogens is 1. The standard InChI is InChI=1S/C12H19NOS2/c1-5-15-7-9(14)6-11-13-10(8-16-11)12(2,3)4/h8H,5-7H2,1-4H3. The highest BCUT2D eigenvalue weighted by Crippen LogP contribution is 2.24. The van der Waals surface area contributed by atoms with E-state index in [4.69, 9.17) is 0 Å². The molecule has 1 aromatic heterocycles. The molecule has 0 amide bonds. The quantitative estimate of drug-likeness (QED) is 0.810. The van der Waals surface area contributed by atoms with Gasteiger partial charge in [-0.1, -0.05) is 27.7 Å². The summed E-state index contributed by atoms with van der Waals surface area (Å²) in [5.74, 6) is 1.89. The molecule has 4 heteroatoms. The number of nitrogens with zero attached hydrogens (tertiary/aromatic N) is 1. The molecule has 0 aliphatic rings. The highest BCUT2D eigenvalue weighted by molar-refractivity contribution is 7.99. The summed E-state index contributed by atoms with van der Waals surface area (Å²) < 4.78 is 0. The van der Waals surface area contributed by atoms with Gasteiger partial charge in [0.05, 0.1) is 17.9 Å². The molecular formula is C12H19NOS2. The van der Waals surface area contributed by atoms with E-state index in [0.717, 1.165) is 16.5 Å². The van der Waals surface area contributed by atoms with Crippen molar-refractivity contribution in [2.24, 2.45) is 0 Å². The largest absolute Gasteiger partial charge is 0.298 e. The second-order valence-corrected chi connectivity index (χ2v) is 6.95. The zero-order chi connectivity index (χ0) is 12.2. The van der Waals surface area contributed by atoms with Crippen LogP contribution in [0.1, 0.15) is 38.4 Å². The van der Waals surface area contributed by atoms with Crippen LogP contribution in [0, 0.1) is 0 Å². The smallest absolute Gasteiger partial charge is 0.149 e. The van der Waals surface area contributed by atoms with Crippen molar-refractivity contribution < 1.29 is 4.79 Å². The van der Waals surface area contributed by atoms with Gasteiger partial charge in [-0.3, -0.25) is 4.79 Å². The van der Waals surface area contributed by atoms with Gasteiger partial charge in [0.25, 0.3) is 0 Å².